The van der Waals surface area contributed by atoms with Gasteiger partial charge >= 0.3 is 5.69 Å². The van der Waals surface area contributed by atoms with Crippen LogP contribution in [0.15, 0.2) is 53.6 Å². The number of H-pyrrole nitrogens is 1. The number of hydrogen-bond acceptors (Lipinski definition) is 3. The second-order valence-corrected chi connectivity index (χ2v) is 2.50. The molecule has 1 aromatic heterocycles. The van der Waals surface area contributed by atoms with Crippen LogP contribution in [0.2, 0.25) is 0 Å². The zero-order chi connectivity index (χ0) is 10.2. The van der Waals surface area contributed by atoms with Crippen LogP contribution in [0.3, 0.4) is 0 Å². The SMILES string of the molecule is Nc1ccccc1.O=c1nccc[nH]1. The molecule has 0 amide bonds. The molecular weight excluding hydrogens is 178 g/mol. The van der Waals surface area contributed by atoms with Crippen LogP contribution in [0.5, 0.6) is 0 Å². The Balaban J connectivity index is 0.000000140. The summed E-state index contributed by atoms with van der Waals surface area (Å²) in [5.74, 6) is 0. The number of aromatic nitrogens is 2. The van der Waals surface area contributed by atoms with Gasteiger partial charge in [-0.2, -0.15) is 0 Å². The van der Waals surface area contributed by atoms with Crippen molar-refractivity contribution in [2.24, 2.45) is 0 Å². The molecule has 3 N–H and O–H groups in total. The summed E-state index contributed by atoms with van der Waals surface area (Å²) in [6.45, 7) is 0. The Kier molecular flexibility index (Phi) is 3.94. The van der Waals surface area contributed by atoms with Crippen LogP contribution in [-0.2, 0) is 0 Å². The fraction of sp³-hybridized carbons (Fsp3) is 0. The van der Waals surface area contributed by atoms with Gasteiger partial charge in [0.1, 0.15) is 0 Å². The predicted molar refractivity (Wildman–Crippen MR) is 55.7 cm³/mol. The first-order valence-electron chi connectivity index (χ1n) is 4.09. The molecule has 2 aromatic rings. The van der Waals surface area contributed by atoms with Gasteiger partial charge in [-0.05, 0) is 18.2 Å². The van der Waals surface area contributed by atoms with E-state index in [1.807, 2.05) is 30.3 Å². The average molecular weight is 189 g/mol. The highest BCUT2D eigenvalue weighted by atomic mass is 16.1. The maximum atomic E-state index is 10.1. The summed E-state index contributed by atoms with van der Waals surface area (Å²) in [5, 5.41) is 0. The molecule has 0 saturated carbocycles. The van der Waals surface area contributed by atoms with Gasteiger partial charge in [0.2, 0.25) is 0 Å². The summed E-state index contributed by atoms with van der Waals surface area (Å²) in [5.41, 5.74) is 5.88. The number of para-hydroxylation sites is 1. The Morgan fingerprint density at radius 2 is 1.86 bits per heavy atom. The third kappa shape index (κ3) is 4.06. The van der Waals surface area contributed by atoms with Crippen LogP contribution in [0, 0.1) is 0 Å². The Morgan fingerprint density at radius 1 is 1.14 bits per heavy atom. The van der Waals surface area contributed by atoms with Crippen molar-refractivity contribution in [2.45, 2.75) is 0 Å². The standard InChI is InChI=1S/C6H7N.C4H4N2O/c7-6-4-2-1-3-5-6;7-4-5-2-1-3-6-4/h1-5H,7H2;1-3H,(H,5,6,7). The third-order valence-corrected chi connectivity index (χ3v) is 1.38. The van der Waals surface area contributed by atoms with Gasteiger partial charge in [0.05, 0.1) is 0 Å². The summed E-state index contributed by atoms with van der Waals surface area (Å²) in [7, 11) is 0. The molecular formula is C10H11N3O. The van der Waals surface area contributed by atoms with Crippen molar-refractivity contribution >= 4 is 5.69 Å². The van der Waals surface area contributed by atoms with Crippen molar-refractivity contribution < 1.29 is 0 Å². The number of nitrogens with zero attached hydrogens (tertiary/aromatic N) is 1. The third-order valence-electron chi connectivity index (χ3n) is 1.38. The van der Waals surface area contributed by atoms with Gasteiger partial charge in [-0.1, -0.05) is 18.2 Å². The number of nitrogens with one attached hydrogen (secondary N) is 1. The van der Waals surface area contributed by atoms with E-state index in [1.54, 1.807) is 6.07 Å². The summed E-state index contributed by atoms with van der Waals surface area (Å²) in [4.78, 5) is 15.8. The summed E-state index contributed by atoms with van der Waals surface area (Å²) in [6, 6.07) is 11.1. The monoisotopic (exact) mass is 189 g/mol. The number of nitrogen functional groups attached to an aromatic ring is 1. The summed E-state index contributed by atoms with van der Waals surface area (Å²) in [6.07, 6.45) is 2.98. The van der Waals surface area contributed by atoms with Crippen LogP contribution < -0.4 is 11.4 Å². The zero-order valence-electron chi connectivity index (χ0n) is 7.55. The molecule has 0 aliphatic rings. The number of nitrogens with two attached hydrogens (primary N) is 1. The topological polar surface area (TPSA) is 71.8 Å². The van der Waals surface area contributed by atoms with Crippen LogP contribution in [0.25, 0.3) is 0 Å². The lowest BCUT2D eigenvalue weighted by atomic mass is 10.3. The normalized spacial score (nSPS) is 8.57. The molecule has 0 saturated heterocycles. The van der Waals surface area contributed by atoms with Gasteiger partial charge in [0.15, 0.2) is 0 Å². The Labute approximate surface area is 81.4 Å². The summed E-state index contributed by atoms with van der Waals surface area (Å²) >= 11 is 0. The van der Waals surface area contributed by atoms with Crippen LogP contribution in [0.1, 0.15) is 0 Å². The van der Waals surface area contributed by atoms with Crippen molar-refractivity contribution in [1.82, 2.24) is 9.97 Å². The Hall–Kier alpha value is -2.10. The minimum absolute atomic E-state index is 0.303. The molecule has 4 nitrogen and oxygen atoms in total. The van der Waals surface area contributed by atoms with E-state index in [-0.39, 0.29) is 5.69 Å². The fourth-order valence-electron chi connectivity index (χ4n) is 0.763. The predicted octanol–water partition coefficient (Wildman–Crippen LogP) is 1.04. The lowest BCUT2D eigenvalue weighted by Crippen LogP contribution is -2.05. The van der Waals surface area contributed by atoms with E-state index in [9.17, 15) is 4.79 Å². The highest BCUT2D eigenvalue weighted by molar-refractivity contribution is 5.35. The number of anilines is 1. The largest absolute Gasteiger partial charge is 0.399 e. The lowest BCUT2D eigenvalue weighted by molar-refractivity contribution is 1.08. The number of aromatic amines is 1. The van der Waals surface area contributed by atoms with E-state index in [0.717, 1.165) is 5.69 Å². The highest BCUT2D eigenvalue weighted by Gasteiger charge is 1.72. The van der Waals surface area contributed by atoms with Crippen molar-refractivity contribution in [3.8, 4) is 0 Å². The number of rotatable bonds is 0. The van der Waals surface area contributed by atoms with Gasteiger partial charge in [-0.25, -0.2) is 9.78 Å². The molecule has 0 spiro atoms. The maximum absolute atomic E-state index is 10.1. The lowest BCUT2D eigenvalue weighted by Gasteiger charge is -1.83. The van der Waals surface area contributed by atoms with Gasteiger partial charge in [0, 0.05) is 18.1 Å². The van der Waals surface area contributed by atoms with Crippen molar-refractivity contribution in [3.05, 3.63) is 59.3 Å². The maximum Gasteiger partial charge on any atom is 0.344 e. The zero-order valence-corrected chi connectivity index (χ0v) is 7.55. The molecule has 14 heavy (non-hydrogen) atoms. The molecule has 2 rings (SSSR count). The second kappa shape index (κ2) is 5.53. The molecule has 0 fully saturated rings. The molecule has 4 heteroatoms. The molecule has 0 radical (unpaired) electrons. The van der Waals surface area contributed by atoms with Gasteiger partial charge in [-0.15, -0.1) is 0 Å². The minimum atomic E-state index is -0.303. The Bertz CT molecular complexity index is 393. The molecule has 1 heterocycles. The van der Waals surface area contributed by atoms with E-state index in [4.69, 9.17) is 5.73 Å². The molecule has 0 aliphatic carbocycles. The molecule has 72 valence electrons. The molecule has 1 aromatic carbocycles. The average Bonchev–Trinajstić information content (AvgIpc) is 2.21. The fourth-order valence-corrected chi connectivity index (χ4v) is 0.763. The summed E-state index contributed by atoms with van der Waals surface area (Å²) < 4.78 is 0. The van der Waals surface area contributed by atoms with E-state index in [1.165, 1.54) is 12.4 Å². The first-order valence-corrected chi connectivity index (χ1v) is 4.09. The first kappa shape index (κ1) is 9.98. The van der Waals surface area contributed by atoms with E-state index < -0.39 is 0 Å². The quantitative estimate of drug-likeness (QED) is 0.608. The van der Waals surface area contributed by atoms with E-state index in [2.05, 4.69) is 9.97 Å². The first-order chi connectivity index (χ1) is 6.79. The Morgan fingerprint density at radius 3 is 2.14 bits per heavy atom. The van der Waals surface area contributed by atoms with Gasteiger partial charge in [-0.3, -0.25) is 0 Å². The van der Waals surface area contributed by atoms with E-state index >= 15 is 0 Å². The highest BCUT2D eigenvalue weighted by Crippen LogP contribution is 1.95. The molecule has 0 aliphatic heterocycles. The van der Waals surface area contributed by atoms with Gasteiger partial charge < -0.3 is 10.7 Å². The molecule has 0 unspecified atom stereocenters. The van der Waals surface area contributed by atoms with E-state index in [0.29, 0.717) is 0 Å². The van der Waals surface area contributed by atoms with Crippen molar-refractivity contribution in [2.75, 3.05) is 5.73 Å². The van der Waals surface area contributed by atoms with Crippen LogP contribution >= 0.6 is 0 Å². The molecule has 0 atom stereocenters. The van der Waals surface area contributed by atoms with Gasteiger partial charge in [0.25, 0.3) is 0 Å². The van der Waals surface area contributed by atoms with Crippen molar-refractivity contribution in [3.63, 3.8) is 0 Å². The van der Waals surface area contributed by atoms with Crippen molar-refractivity contribution in [1.29, 1.82) is 0 Å². The minimum Gasteiger partial charge on any atom is -0.399 e. The van der Waals surface area contributed by atoms with Crippen LogP contribution in [0.4, 0.5) is 5.69 Å². The smallest absolute Gasteiger partial charge is 0.344 e. The number of hydrogen-bond donors (Lipinski definition) is 2. The number of benzene rings is 1. The van der Waals surface area contributed by atoms with Crippen LogP contribution in [-0.4, -0.2) is 9.97 Å². The molecule has 0 bridgehead atoms. The second-order valence-electron chi connectivity index (χ2n) is 2.50.